The zero-order chi connectivity index (χ0) is 18.5. The third-order valence-corrected chi connectivity index (χ3v) is 3.06. The van der Waals surface area contributed by atoms with E-state index in [0.29, 0.717) is 24.4 Å². The average Bonchev–Trinajstić information content (AvgIpc) is 2.56. The first kappa shape index (κ1) is 22.3. The lowest BCUT2D eigenvalue weighted by molar-refractivity contribution is -0.129. The van der Waals surface area contributed by atoms with Crippen molar-refractivity contribution in [2.75, 3.05) is 19.6 Å². The molecule has 0 saturated carbocycles. The van der Waals surface area contributed by atoms with E-state index in [1.54, 1.807) is 29.2 Å². The van der Waals surface area contributed by atoms with Gasteiger partial charge in [-0.1, -0.05) is 6.92 Å². The molecule has 0 bridgehead atoms. The number of hydrogen-bond donors (Lipinski definition) is 4. The summed E-state index contributed by atoms with van der Waals surface area (Å²) in [6, 6.07) is 6.52. The van der Waals surface area contributed by atoms with Crippen molar-refractivity contribution in [2.45, 2.75) is 27.1 Å². The Morgan fingerprint density at radius 1 is 1.25 bits per heavy atom. The Balaban J connectivity index is 0.00000118. The quantitative estimate of drug-likeness (QED) is 0.332. The first-order valence-corrected chi connectivity index (χ1v) is 8.05. The smallest absolute Gasteiger partial charge is 0.429 e. The lowest BCUT2D eigenvalue weighted by Gasteiger charge is -2.20. The van der Waals surface area contributed by atoms with Gasteiger partial charge in [0.1, 0.15) is 5.75 Å². The fourth-order valence-corrected chi connectivity index (χ4v) is 1.89. The van der Waals surface area contributed by atoms with E-state index in [0.717, 1.165) is 6.42 Å². The number of nitrogens with one attached hydrogen (secondary N) is 1. The first-order chi connectivity index (χ1) is 11.3. The highest BCUT2D eigenvalue weighted by Gasteiger charge is 2.12. The predicted molar refractivity (Wildman–Crippen MR) is 97.0 cm³/mol. The minimum Gasteiger partial charge on any atom is -0.429 e. The van der Waals surface area contributed by atoms with Gasteiger partial charge >= 0.3 is 7.12 Å². The van der Waals surface area contributed by atoms with Gasteiger partial charge in [-0.25, -0.2) is 0 Å². The van der Waals surface area contributed by atoms with E-state index in [9.17, 15) is 9.59 Å². The third kappa shape index (κ3) is 9.44. The Bertz CT molecular complexity index is 496. The fourth-order valence-electron chi connectivity index (χ4n) is 1.77. The van der Waals surface area contributed by atoms with Crippen LogP contribution in [0, 0.1) is 0 Å². The van der Waals surface area contributed by atoms with Crippen molar-refractivity contribution in [3.63, 3.8) is 0 Å². The summed E-state index contributed by atoms with van der Waals surface area (Å²) < 4.78 is 4.72. The van der Waals surface area contributed by atoms with Gasteiger partial charge in [-0.15, -0.1) is 0 Å². The summed E-state index contributed by atoms with van der Waals surface area (Å²) >= 11 is 3.67. The molecule has 0 atom stereocenters. The second kappa shape index (κ2) is 12.7. The number of thiol groups is 1. The van der Waals surface area contributed by atoms with Crippen LogP contribution in [0.4, 0.5) is 0 Å². The van der Waals surface area contributed by atoms with Gasteiger partial charge in [-0.2, -0.15) is 0 Å². The molecular formula is C15H25BN2O5S. The van der Waals surface area contributed by atoms with Crippen molar-refractivity contribution in [3.8, 4) is 5.75 Å². The van der Waals surface area contributed by atoms with Gasteiger partial charge in [-0.05, 0) is 44.4 Å². The largest absolute Gasteiger partial charge is 0.448 e. The van der Waals surface area contributed by atoms with E-state index in [1.165, 1.54) is 6.82 Å². The molecule has 3 N–H and O–H groups in total. The van der Waals surface area contributed by atoms with Gasteiger partial charge in [0.2, 0.25) is 5.91 Å². The number of rotatable bonds is 7. The van der Waals surface area contributed by atoms with Crippen molar-refractivity contribution in [2.24, 2.45) is 0 Å². The topological polar surface area (TPSA) is 99.1 Å². The minimum atomic E-state index is -1.17. The summed E-state index contributed by atoms with van der Waals surface area (Å²) in [7, 11) is -1.17. The summed E-state index contributed by atoms with van der Waals surface area (Å²) in [4.78, 5) is 25.5. The highest BCUT2D eigenvalue weighted by atomic mass is 32.1. The van der Waals surface area contributed by atoms with Crippen LogP contribution in [-0.2, 0) is 4.79 Å². The highest BCUT2D eigenvalue weighted by Crippen LogP contribution is 2.12. The zero-order valence-electron chi connectivity index (χ0n) is 14.2. The molecule has 0 heterocycles. The van der Waals surface area contributed by atoms with Gasteiger partial charge < -0.3 is 24.4 Å². The molecule has 0 saturated heterocycles. The molecule has 24 heavy (non-hydrogen) atoms. The normalized spacial score (nSPS) is 9.42. The Labute approximate surface area is 148 Å². The molecule has 0 aromatic heterocycles. The standard InChI is InChI=1S/C14H20N2O3S.CH5BO2/c1-3-9-16(4-2)13(17)10-15-14(18)11-5-7-12(19-20)8-6-11;1-2(3)4/h5-8,20H,3-4,9-10H2,1-2H3,(H,15,18);3-4H,1H3. The third-order valence-electron chi connectivity index (χ3n) is 2.85. The molecule has 1 aromatic rings. The first-order valence-electron chi connectivity index (χ1n) is 7.69. The number of carbonyl (C=O) groups is 2. The molecule has 0 aliphatic heterocycles. The highest BCUT2D eigenvalue weighted by molar-refractivity contribution is 7.75. The van der Waals surface area contributed by atoms with Gasteiger partial charge in [0.25, 0.3) is 5.91 Å². The maximum Gasteiger partial charge on any atom is 0.448 e. The van der Waals surface area contributed by atoms with Gasteiger partial charge in [0, 0.05) is 31.6 Å². The van der Waals surface area contributed by atoms with Gasteiger partial charge in [0.15, 0.2) is 0 Å². The summed E-state index contributed by atoms with van der Waals surface area (Å²) in [5, 5.41) is 17.8. The molecule has 0 aliphatic rings. The minimum absolute atomic E-state index is 0.0114. The van der Waals surface area contributed by atoms with E-state index < -0.39 is 7.12 Å². The molecule has 9 heteroatoms. The fraction of sp³-hybridized carbons (Fsp3) is 0.467. The van der Waals surface area contributed by atoms with Gasteiger partial charge in [-0.3, -0.25) is 9.59 Å². The molecule has 2 amide bonds. The molecule has 0 unspecified atom stereocenters. The Morgan fingerprint density at radius 3 is 2.21 bits per heavy atom. The molecule has 134 valence electrons. The summed E-state index contributed by atoms with van der Waals surface area (Å²) in [6.07, 6.45) is 0.902. The van der Waals surface area contributed by atoms with Gasteiger partial charge in [0.05, 0.1) is 6.54 Å². The van der Waals surface area contributed by atoms with Crippen LogP contribution in [0.2, 0.25) is 6.82 Å². The lowest BCUT2D eigenvalue weighted by atomic mass is 9.99. The number of carbonyl (C=O) groups excluding carboxylic acids is 2. The second-order valence-corrected chi connectivity index (χ2v) is 5.09. The molecule has 7 nitrogen and oxygen atoms in total. The SMILES string of the molecule is CB(O)O.CCCN(CC)C(=O)CNC(=O)c1ccc(OS)cc1. The summed E-state index contributed by atoms with van der Waals surface area (Å²) in [5.41, 5.74) is 0.477. The molecule has 1 rings (SSSR count). The van der Waals surface area contributed by atoms with Crippen LogP contribution < -0.4 is 9.50 Å². The lowest BCUT2D eigenvalue weighted by Crippen LogP contribution is -2.40. The van der Waals surface area contributed by atoms with Crippen molar-refractivity contribution in [1.82, 2.24) is 10.2 Å². The predicted octanol–water partition coefficient (Wildman–Crippen LogP) is 0.988. The van der Waals surface area contributed by atoms with E-state index in [2.05, 4.69) is 18.2 Å². The maximum absolute atomic E-state index is 11.9. The van der Waals surface area contributed by atoms with E-state index in [1.807, 2.05) is 13.8 Å². The Hall–Kier alpha value is -1.71. The Morgan fingerprint density at radius 2 is 1.79 bits per heavy atom. The molecule has 0 aliphatic carbocycles. The van der Waals surface area contributed by atoms with Crippen molar-refractivity contribution in [3.05, 3.63) is 29.8 Å². The molecule has 0 spiro atoms. The van der Waals surface area contributed by atoms with E-state index in [4.69, 9.17) is 14.2 Å². The zero-order valence-corrected chi connectivity index (χ0v) is 15.1. The van der Waals surface area contributed by atoms with E-state index >= 15 is 0 Å². The number of nitrogens with zero attached hydrogens (tertiary/aromatic N) is 1. The van der Waals surface area contributed by atoms with Crippen molar-refractivity contribution < 1.29 is 23.8 Å². The molecule has 1 aromatic carbocycles. The van der Waals surface area contributed by atoms with Crippen LogP contribution in [0.3, 0.4) is 0 Å². The molecule has 0 radical (unpaired) electrons. The van der Waals surface area contributed by atoms with Crippen LogP contribution >= 0.6 is 12.9 Å². The number of benzene rings is 1. The van der Waals surface area contributed by atoms with E-state index in [-0.39, 0.29) is 18.4 Å². The van der Waals surface area contributed by atoms with Crippen molar-refractivity contribution >= 4 is 31.8 Å². The summed E-state index contributed by atoms with van der Waals surface area (Å²) in [6.45, 7) is 6.58. The molecule has 0 fully saturated rings. The number of amides is 2. The van der Waals surface area contributed by atoms with Crippen LogP contribution in [0.1, 0.15) is 30.6 Å². The van der Waals surface area contributed by atoms with Crippen LogP contribution in [0.15, 0.2) is 24.3 Å². The average molecular weight is 356 g/mol. The molecular weight excluding hydrogens is 331 g/mol. The summed E-state index contributed by atoms with van der Waals surface area (Å²) in [5.74, 6) is 0.204. The van der Waals surface area contributed by atoms with Crippen molar-refractivity contribution in [1.29, 1.82) is 0 Å². The maximum atomic E-state index is 11.9. The van der Waals surface area contributed by atoms with Crippen LogP contribution in [-0.4, -0.2) is 53.5 Å². The van der Waals surface area contributed by atoms with Crippen LogP contribution in [0.25, 0.3) is 0 Å². The monoisotopic (exact) mass is 356 g/mol. The second-order valence-electron chi connectivity index (χ2n) is 4.90. The number of likely N-dealkylation sites (N-methyl/N-ethyl adjacent to an activating group) is 1. The number of hydrogen-bond acceptors (Lipinski definition) is 6. The van der Waals surface area contributed by atoms with Crippen LogP contribution in [0.5, 0.6) is 5.75 Å². The Kier molecular flexibility index (Phi) is 11.8.